The monoisotopic (exact) mass is 295 g/mol. The Bertz CT molecular complexity index is 444. The summed E-state index contributed by atoms with van der Waals surface area (Å²) in [5.41, 5.74) is 4.18. The first kappa shape index (κ1) is 17.0. The standard InChI is InChI=1S/C17H25NO.ClH/c1-13-9-14(2)11-15(10-13)17(12-16(18)19-3)7-5-4-6-8-17;/h9-11,18H,4-8,12H2,1-3H3;1H. The summed E-state index contributed by atoms with van der Waals surface area (Å²) in [4.78, 5) is 0. The highest BCUT2D eigenvalue weighted by Gasteiger charge is 2.35. The van der Waals surface area contributed by atoms with E-state index >= 15 is 0 Å². The van der Waals surface area contributed by atoms with Crippen LogP contribution in [0.1, 0.15) is 55.2 Å². The first-order valence-corrected chi connectivity index (χ1v) is 7.26. The van der Waals surface area contributed by atoms with E-state index in [1.165, 1.54) is 48.8 Å². The van der Waals surface area contributed by atoms with Gasteiger partial charge in [0, 0.05) is 11.8 Å². The number of halogens is 1. The Morgan fingerprint density at radius 3 is 2.15 bits per heavy atom. The highest BCUT2D eigenvalue weighted by molar-refractivity contribution is 5.85. The number of hydrogen-bond acceptors (Lipinski definition) is 2. The highest BCUT2D eigenvalue weighted by Crippen LogP contribution is 2.43. The molecule has 0 saturated heterocycles. The zero-order valence-electron chi connectivity index (χ0n) is 12.8. The predicted molar refractivity (Wildman–Crippen MR) is 87.3 cm³/mol. The summed E-state index contributed by atoms with van der Waals surface area (Å²) >= 11 is 0. The summed E-state index contributed by atoms with van der Waals surface area (Å²) in [6.07, 6.45) is 6.97. The summed E-state index contributed by atoms with van der Waals surface area (Å²) < 4.78 is 5.14. The number of methoxy groups -OCH3 is 1. The van der Waals surface area contributed by atoms with Crippen molar-refractivity contribution in [2.75, 3.05) is 7.11 Å². The van der Waals surface area contributed by atoms with E-state index in [2.05, 4.69) is 32.0 Å². The van der Waals surface area contributed by atoms with Crippen LogP contribution in [0.2, 0.25) is 0 Å². The lowest BCUT2D eigenvalue weighted by Crippen LogP contribution is -2.32. The smallest absolute Gasteiger partial charge is 0.180 e. The lowest BCUT2D eigenvalue weighted by atomic mass is 9.67. The molecular weight excluding hydrogens is 270 g/mol. The van der Waals surface area contributed by atoms with Gasteiger partial charge in [-0.3, -0.25) is 5.41 Å². The number of aryl methyl sites for hydroxylation is 2. The molecule has 0 heterocycles. The topological polar surface area (TPSA) is 33.1 Å². The summed E-state index contributed by atoms with van der Waals surface area (Å²) in [7, 11) is 1.61. The molecule has 1 aromatic carbocycles. The normalized spacial score (nSPS) is 17.1. The second-order valence-corrected chi connectivity index (χ2v) is 6.02. The van der Waals surface area contributed by atoms with Crippen LogP contribution in [0.25, 0.3) is 0 Å². The van der Waals surface area contributed by atoms with Crippen LogP contribution in [0, 0.1) is 19.3 Å². The van der Waals surface area contributed by atoms with Crippen LogP contribution in [0.5, 0.6) is 0 Å². The predicted octanol–water partition coefficient (Wildman–Crippen LogP) is 4.94. The molecule has 112 valence electrons. The Kier molecular flexibility index (Phi) is 6.07. The van der Waals surface area contributed by atoms with Crippen molar-refractivity contribution in [3.05, 3.63) is 34.9 Å². The molecular formula is C17H26ClNO. The summed E-state index contributed by atoms with van der Waals surface area (Å²) in [6.45, 7) is 4.32. The van der Waals surface area contributed by atoms with Gasteiger partial charge in [-0.1, -0.05) is 48.6 Å². The van der Waals surface area contributed by atoms with Crippen molar-refractivity contribution in [2.45, 2.75) is 57.8 Å². The van der Waals surface area contributed by atoms with E-state index in [0.717, 1.165) is 6.42 Å². The van der Waals surface area contributed by atoms with E-state index in [9.17, 15) is 0 Å². The van der Waals surface area contributed by atoms with Crippen LogP contribution < -0.4 is 0 Å². The molecule has 1 aromatic rings. The SMILES string of the molecule is COC(=N)CC1(c2cc(C)cc(C)c2)CCCCC1.Cl. The van der Waals surface area contributed by atoms with Crippen LogP contribution in [-0.2, 0) is 10.2 Å². The minimum atomic E-state index is 0. The van der Waals surface area contributed by atoms with Crippen molar-refractivity contribution < 1.29 is 4.74 Å². The van der Waals surface area contributed by atoms with E-state index in [0.29, 0.717) is 5.90 Å². The second kappa shape index (κ2) is 7.12. The van der Waals surface area contributed by atoms with Crippen molar-refractivity contribution in [1.29, 1.82) is 5.41 Å². The van der Waals surface area contributed by atoms with Gasteiger partial charge in [0.2, 0.25) is 0 Å². The Morgan fingerprint density at radius 1 is 1.10 bits per heavy atom. The largest absolute Gasteiger partial charge is 0.484 e. The quantitative estimate of drug-likeness (QED) is 0.622. The van der Waals surface area contributed by atoms with Gasteiger partial charge in [-0.05, 0) is 32.3 Å². The third-order valence-electron chi connectivity index (χ3n) is 4.39. The van der Waals surface area contributed by atoms with Crippen LogP contribution in [0.15, 0.2) is 18.2 Å². The molecule has 2 rings (SSSR count). The first-order chi connectivity index (χ1) is 9.05. The molecule has 0 bridgehead atoms. The molecule has 1 N–H and O–H groups in total. The Hall–Kier alpha value is -1.02. The molecule has 3 heteroatoms. The van der Waals surface area contributed by atoms with Crippen LogP contribution in [0.4, 0.5) is 0 Å². The zero-order valence-corrected chi connectivity index (χ0v) is 13.6. The summed E-state index contributed by atoms with van der Waals surface area (Å²) in [5.74, 6) is 0.418. The molecule has 0 radical (unpaired) electrons. The lowest BCUT2D eigenvalue weighted by molar-refractivity contribution is 0.276. The Balaban J connectivity index is 0.00000200. The Morgan fingerprint density at radius 2 is 1.65 bits per heavy atom. The van der Waals surface area contributed by atoms with Crippen molar-refractivity contribution in [3.63, 3.8) is 0 Å². The van der Waals surface area contributed by atoms with Gasteiger partial charge in [-0.2, -0.15) is 0 Å². The van der Waals surface area contributed by atoms with Gasteiger partial charge >= 0.3 is 0 Å². The van der Waals surface area contributed by atoms with Gasteiger partial charge in [0.15, 0.2) is 5.90 Å². The van der Waals surface area contributed by atoms with Gasteiger partial charge in [0.1, 0.15) is 0 Å². The number of benzene rings is 1. The molecule has 0 spiro atoms. The fraction of sp³-hybridized carbons (Fsp3) is 0.588. The molecule has 20 heavy (non-hydrogen) atoms. The van der Waals surface area contributed by atoms with E-state index in [1.807, 2.05) is 0 Å². The minimum absolute atomic E-state index is 0. The number of ether oxygens (including phenoxy) is 1. The molecule has 0 amide bonds. The Labute approximate surface area is 128 Å². The summed E-state index contributed by atoms with van der Waals surface area (Å²) in [6, 6.07) is 6.84. The number of hydrogen-bond donors (Lipinski definition) is 1. The van der Waals surface area contributed by atoms with Gasteiger partial charge in [0.05, 0.1) is 7.11 Å². The molecule has 0 aromatic heterocycles. The first-order valence-electron chi connectivity index (χ1n) is 7.26. The van der Waals surface area contributed by atoms with Gasteiger partial charge in [-0.15, -0.1) is 12.4 Å². The average Bonchev–Trinajstić information content (AvgIpc) is 2.38. The maximum atomic E-state index is 7.93. The number of rotatable bonds is 3. The van der Waals surface area contributed by atoms with E-state index in [1.54, 1.807) is 7.11 Å². The van der Waals surface area contributed by atoms with E-state index in [-0.39, 0.29) is 17.8 Å². The number of nitrogens with one attached hydrogen (secondary N) is 1. The van der Waals surface area contributed by atoms with Crippen molar-refractivity contribution in [1.82, 2.24) is 0 Å². The maximum Gasteiger partial charge on any atom is 0.180 e. The fourth-order valence-electron chi connectivity index (χ4n) is 3.46. The minimum Gasteiger partial charge on any atom is -0.484 e. The molecule has 1 saturated carbocycles. The van der Waals surface area contributed by atoms with Crippen LogP contribution >= 0.6 is 12.4 Å². The zero-order chi connectivity index (χ0) is 13.9. The van der Waals surface area contributed by atoms with Crippen molar-refractivity contribution >= 4 is 18.3 Å². The highest BCUT2D eigenvalue weighted by atomic mass is 35.5. The van der Waals surface area contributed by atoms with Gasteiger partial charge in [0.25, 0.3) is 0 Å². The van der Waals surface area contributed by atoms with Crippen LogP contribution in [0.3, 0.4) is 0 Å². The van der Waals surface area contributed by atoms with Crippen LogP contribution in [-0.4, -0.2) is 13.0 Å². The average molecular weight is 296 g/mol. The van der Waals surface area contributed by atoms with E-state index in [4.69, 9.17) is 10.1 Å². The summed E-state index contributed by atoms with van der Waals surface area (Å²) in [5, 5.41) is 7.93. The third kappa shape index (κ3) is 3.76. The third-order valence-corrected chi connectivity index (χ3v) is 4.39. The molecule has 0 aliphatic heterocycles. The van der Waals surface area contributed by atoms with E-state index < -0.39 is 0 Å². The molecule has 1 aliphatic carbocycles. The molecule has 1 fully saturated rings. The van der Waals surface area contributed by atoms with Gasteiger partial charge < -0.3 is 4.74 Å². The lowest BCUT2D eigenvalue weighted by Gasteiger charge is -2.38. The molecule has 0 unspecified atom stereocenters. The molecule has 1 aliphatic rings. The molecule has 0 atom stereocenters. The van der Waals surface area contributed by atoms with Gasteiger partial charge in [-0.25, -0.2) is 0 Å². The molecule has 2 nitrogen and oxygen atoms in total. The fourth-order valence-corrected chi connectivity index (χ4v) is 3.46. The van der Waals surface area contributed by atoms with Crippen molar-refractivity contribution in [2.24, 2.45) is 0 Å². The second-order valence-electron chi connectivity index (χ2n) is 6.02. The maximum absolute atomic E-state index is 7.93. The van der Waals surface area contributed by atoms with Crippen molar-refractivity contribution in [3.8, 4) is 0 Å².